The van der Waals surface area contributed by atoms with Crippen molar-refractivity contribution in [1.29, 1.82) is 0 Å². The number of aryl methyl sites for hydroxylation is 2. The molecule has 0 bridgehead atoms. The highest BCUT2D eigenvalue weighted by Gasteiger charge is 2.19. The maximum Gasteiger partial charge on any atom is 0.258 e. The highest BCUT2D eigenvalue weighted by Crippen LogP contribution is 2.15. The lowest BCUT2D eigenvalue weighted by Crippen LogP contribution is -2.38. The van der Waals surface area contributed by atoms with Gasteiger partial charge in [-0.3, -0.25) is 0 Å². The molecule has 0 saturated heterocycles. The SMILES string of the molecule is CCCCCCCCCCCCCCCn1cc[n+](CCCCC)c1C(C)C. The second-order valence-electron chi connectivity index (χ2n) is 9.15. The van der Waals surface area contributed by atoms with Crippen molar-refractivity contribution in [3.63, 3.8) is 0 Å². The number of hydrogen-bond donors (Lipinski definition) is 0. The minimum Gasteiger partial charge on any atom is -0.234 e. The van der Waals surface area contributed by atoms with Gasteiger partial charge in [0.1, 0.15) is 12.4 Å². The minimum atomic E-state index is 0.610. The second kappa shape index (κ2) is 17.1. The van der Waals surface area contributed by atoms with E-state index in [-0.39, 0.29) is 0 Å². The Morgan fingerprint density at radius 3 is 1.64 bits per heavy atom. The van der Waals surface area contributed by atoms with E-state index in [4.69, 9.17) is 0 Å². The van der Waals surface area contributed by atoms with Gasteiger partial charge < -0.3 is 0 Å². The molecule has 164 valence electrons. The summed E-state index contributed by atoms with van der Waals surface area (Å²) >= 11 is 0. The summed E-state index contributed by atoms with van der Waals surface area (Å²) in [6, 6.07) is 0. The van der Waals surface area contributed by atoms with Crippen molar-refractivity contribution in [3.8, 4) is 0 Å². The molecule has 0 atom stereocenters. The molecule has 0 spiro atoms. The van der Waals surface area contributed by atoms with Crippen LogP contribution in [0.3, 0.4) is 0 Å². The van der Waals surface area contributed by atoms with Crippen LogP contribution in [0.15, 0.2) is 12.4 Å². The first-order valence-electron chi connectivity index (χ1n) is 12.8. The molecule has 1 aromatic heterocycles. The molecule has 0 N–H and O–H groups in total. The second-order valence-corrected chi connectivity index (χ2v) is 9.15. The third kappa shape index (κ3) is 11.3. The maximum absolute atomic E-state index is 2.52. The standard InChI is InChI=1S/C26H51N2/c1-5-7-9-10-11-12-13-14-15-16-17-18-20-22-28-24-23-27(21-19-8-6-2)26(28)25(3)4/h23-25H,5-22H2,1-4H3/q+1. The summed E-state index contributed by atoms with van der Waals surface area (Å²) in [5.41, 5.74) is 0. The molecule has 0 fully saturated rings. The Bertz CT molecular complexity index is 461. The molecule has 0 aliphatic carbocycles. The van der Waals surface area contributed by atoms with Crippen LogP contribution in [-0.2, 0) is 13.1 Å². The first kappa shape index (κ1) is 25.2. The number of aromatic nitrogens is 2. The molecule has 1 aromatic rings. The molecule has 0 aliphatic rings. The third-order valence-electron chi connectivity index (χ3n) is 6.04. The van der Waals surface area contributed by atoms with Gasteiger partial charge in [-0.1, -0.05) is 105 Å². The lowest BCUT2D eigenvalue weighted by Gasteiger charge is -2.08. The van der Waals surface area contributed by atoms with Crippen LogP contribution in [-0.4, -0.2) is 4.57 Å². The molecule has 28 heavy (non-hydrogen) atoms. The predicted molar refractivity (Wildman–Crippen MR) is 124 cm³/mol. The lowest BCUT2D eigenvalue weighted by atomic mass is 10.0. The molecular weight excluding hydrogens is 340 g/mol. The van der Waals surface area contributed by atoms with E-state index >= 15 is 0 Å². The maximum atomic E-state index is 2.52. The Morgan fingerprint density at radius 2 is 1.14 bits per heavy atom. The van der Waals surface area contributed by atoms with Crippen LogP contribution >= 0.6 is 0 Å². The number of imidazole rings is 1. The molecule has 0 radical (unpaired) electrons. The average Bonchev–Trinajstić information content (AvgIpc) is 3.09. The summed E-state index contributed by atoms with van der Waals surface area (Å²) in [6.07, 6.45) is 27.2. The normalized spacial score (nSPS) is 11.6. The smallest absolute Gasteiger partial charge is 0.234 e. The van der Waals surface area contributed by atoms with Crippen LogP contribution in [0, 0.1) is 0 Å². The monoisotopic (exact) mass is 391 g/mol. The Morgan fingerprint density at radius 1 is 0.679 bits per heavy atom. The van der Waals surface area contributed by atoms with E-state index in [1.54, 1.807) is 0 Å². The van der Waals surface area contributed by atoms with E-state index in [9.17, 15) is 0 Å². The largest absolute Gasteiger partial charge is 0.258 e. The van der Waals surface area contributed by atoms with Crippen LogP contribution in [0.4, 0.5) is 0 Å². The van der Waals surface area contributed by atoms with Crippen LogP contribution in [0.2, 0.25) is 0 Å². The quantitative estimate of drug-likeness (QED) is 0.166. The fourth-order valence-corrected chi connectivity index (χ4v) is 4.35. The van der Waals surface area contributed by atoms with Gasteiger partial charge in [0.2, 0.25) is 0 Å². The van der Waals surface area contributed by atoms with Crippen LogP contribution in [0.5, 0.6) is 0 Å². The molecule has 1 heterocycles. The summed E-state index contributed by atoms with van der Waals surface area (Å²) in [6.45, 7) is 11.7. The van der Waals surface area contributed by atoms with Crippen molar-refractivity contribution >= 4 is 0 Å². The minimum absolute atomic E-state index is 0.610. The van der Waals surface area contributed by atoms with Gasteiger partial charge in [0, 0.05) is 0 Å². The van der Waals surface area contributed by atoms with Crippen LogP contribution < -0.4 is 4.57 Å². The van der Waals surface area contributed by atoms with Gasteiger partial charge in [-0.2, -0.15) is 0 Å². The first-order chi connectivity index (χ1) is 13.7. The number of nitrogens with zero attached hydrogens (tertiary/aromatic N) is 2. The Hall–Kier alpha value is -0.790. The molecular formula is C26H51N2+. The van der Waals surface area contributed by atoms with Crippen molar-refractivity contribution in [2.24, 2.45) is 0 Å². The lowest BCUT2D eigenvalue weighted by molar-refractivity contribution is -0.705. The van der Waals surface area contributed by atoms with Crippen molar-refractivity contribution in [3.05, 3.63) is 18.2 Å². The molecule has 1 rings (SSSR count). The van der Waals surface area contributed by atoms with Gasteiger partial charge in [-0.25, -0.2) is 9.13 Å². The van der Waals surface area contributed by atoms with Gasteiger partial charge in [-0.15, -0.1) is 0 Å². The number of unbranched alkanes of at least 4 members (excludes halogenated alkanes) is 14. The van der Waals surface area contributed by atoms with Gasteiger partial charge in [-0.05, 0) is 25.7 Å². The molecule has 0 amide bonds. The van der Waals surface area contributed by atoms with E-state index in [1.807, 2.05) is 0 Å². The first-order valence-corrected chi connectivity index (χ1v) is 12.8. The summed E-state index contributed by atoms with van der Waals surface area (Å²) in [5, 5.41) is 0. The van der Waals surface area contributed by atoms with Gasteiger partial charge in [0.15, 0.2) is 0 Å². The number of hydrogen-bond acceptors (Lipinski definition) is 0. The molecule has 0 aliphatic heterocycles. The zero-order valence-corrected chi connectivity index (χ0v) is 19.9. The molecule has 2 nitrogen and oxygen atoms in total. The van der Waals surface area contributed by atoms with E-state index in [0.29, 0.717) is 5.92 Å². The molecule has 0 saturated carbocycles. The van der Waals surface area contributed by atoms with Crippen molar-refractivity contribution in [1.82, 2.24) is 4.57 Å². The third-order valence-corrected chi connectivity index (χ3v) is 6.04. The average molecular weight is 392 g/mol. The van der Waals surface area contributed by atoms with Gasteiger partial charge >= 0.3 is 0 Å². The zero-order valence-electron chi connectivity index (χ0n) is 19.9. The van der Waals surface area contributed by atoms with E-state index < -0.39 is 0 Å². The Labute approximate surface area is 177 Å². The number of rotatable bonds is 19. The fraction of sp³-hybridized carbons (Fsp3) is 0.885. The fourth-order valence-electron chi connectivity index (χ4n) is 4.35. The van der Waals surface area contributed by atoms with Gasteiger partial charge in [0.05, 0.1) is 19.0 Å². The molecule has 0 unspecified atom stereocenters. The van der Waals surface area contributed by atoms with E-state index in [2.05, 4.69) is 49.2 Å². The van der Waals surface area contributed by atoms with Crippen molar-refractivity contribution < 1.29 is 4.57 Å². The van der Waals surface area contributed by atoms with Crippen LogP contribution in [0.1, 0.15) is 142 Å². The molecule has 2 heteroatoms. The van der Waals surface area contributed by atoms with Crippen molar-refractivity contribution in [2.75, 3.05) is 0 Å². The Balaban J connectivity index is 2.08. The summed E-state index contributed by atoms with van der Waals surface area (Å²) < 4.78 is 5.03. The molecule has 0 aromatic carbocycles. The highest BCUT2D eigenvalue weighted by molar-refractivity contribution is 4.89. The van der Waals surface area contributed by atoms with E-state index in [0.717, 1.165) is 0 Å². The zero-order chi connectivity index (χ0) is 20.5. The summed E-state index contributed by atoms with van der Waals surface area (Å²) in [4.78, 5) is 0. The highest BCUT2D eigenvalue weighted by atomic mass is 15.1. The summed E-state index contributed by atoms with van der Waals surface area (Å²) in [5.74, 6) is 2.13. The van der Waals surface area contributed by atoms with Gasteiger partial charge in [0.25, 0.3) is 5.82 Å². The Kier molecular flexibility index (Phi) is 15.4. The van der Waals surface area contributed by atoms with E-state index in [1.165, 1.54) is 122 Å². The summed E-state index contributed by atoms with van der Waals surface area (Å²) in [7, 11) is 0. The topological polar surface area (TPSA) is 8.81 Å². The predicted octanol–water partition coefficient (Wildman–Crippen LogP) is 8.18. The van der Waals surface area contributed by atoms with Crippen molar-refractivity contribution in [2.45, 2.75) is 149 Å². The van der Waals surface area contributed by atoms with Crippen LogP contribution in [0.25, 0.3) is 0 Å².